The number of aromatic carboxylic acids is 1. The molecule has 0 aliphatic heterocycles. The number of carboxylic acid groups (broad SMARTS) is 1. The van der Waals surface area contributed by atoms with Crippen molar-refractivity contribution in [1.29, 1.82) is 0 Å². The molecule has 4 nitrogen and oxygen atoms in total. The van der Waals surface area contributed by atoms with Gasteiger partial charge < -0.3 is 10.4 Å². The zero-order chi connectivity index (χ0) is 14.1. The van der Waals surface area contributed by atoms with E-state index in [0.29, 0.717) is 0 Å². The monoisotopic (exact) mass is 281 g/mol. The number of alkyl halides is 3. The first-order chi connectivity index (χ1) is 8.14. The first-order valence-corrected chi connectivity index (χ1v) is 4.93. The van der Waals surface area contributed by atoms with Gasteiger partial charge in [0.05, 0.1) is 10.6 Å². The molecule has 0 aliphatic rings. The Labute approximate surface area is 104 Å². The second-order valence-corrected chi connectivity index (χ2v) is 3.73. The Morgan fingerprint density at radius 2 is 1.89 bits per heavy atom. The maximum absolute atomic E-state index is 12.0. The molecule has 1 aromatic rings. The van der Waals surface area contributed by atoms with Crippen LogP contribution in [0.15, 0.2) is 12.1 Å². The SMILES string of the molecule is Cc1c(NC(=O)C(F)(F)F)ccc(C(=O)O)c1Cl. The van der Waals surface area contributed by atoms with Crippen LogP contribution < -0.4 is 5.32 Å². The molecule has 0 unspecified atom stereocenters. The number of hydrogen-bond donors (Lipinski definition) is 2. The highest BCUT2D eigenvalue weighted by Crippen LogP contribution is 2.28. The van der Waals surface area contributed by atoms with Gasteiger partial charge >= 0.3 is 18.1 Å². The summed E-state index contributed by atoms with van der Waals surface area (Å²) in [6.07, 6.45) is -5.02. The summed E-state index contributed by atoms with van der Waals surface area (Å²) in [6.45, 7) is 1.31. The highest BCUT2D eigenvalue weighted by atomic mass is 35.5. The van der Waals surface area contributed by atoms with Crippen molar-refractivity contribution < 1.29 is 27.9 Å². The van der Waals surface area contributed by atoms with Crippen LogP contribution in [0.4, 0.5) is 18.9 Å². The first-order valence-electron chi connectivity index (χ1n) is 4.55. The molecule has 0 fully saturated rings. The van der Waals surface area contributed by atoms with Crippen molar-refractivity contribution in [2.24, 2.45) is 0 Å². The number of carbonyl (C=O) groups is 2. The van der Waals surface area contributed by atoms with Gasteiger partial charge in [-0.25, -0.2) is 4.79 Å². The molecule has 0 saturated carbocycles. The van der Waals surface area contributed by atoms with Crippen molar-refractivity contribution in [3.63, 3.8) is 0 Å². The highest BCUT2D eigenvalue weighted by molar-refractivity contribution is 6.34. The smallest absolute Gasteiger partial charge is 0.471 e. The van der Waals surface area contributed by atoms with Gasteiger partial charge in [0, 0.05) is 5.69 Å². The normalized spacial score (nSPS) is 11.2. The first kappa shape index (κ1) is 14.3. The molecule has 0 aliphatic carbocycles. The number of halogens is 4. The van der Waals surface area contributed by atoms with E-state index in [0.717, 1.165) is 12.1 Å². The molecule has 0 saturated heterocycles. The molecule has 1 rings (SSSR count). The molecule has 1 aromatic carbocycles. The van der Waals surface area contributed by atoms with E-state index < -0.39 is 18.1 Å². The third kappa shape index (κ3) is 2.92. The van der Waals surface area contributed by atoms with E-state index in [1.807, 2.05) is 0 Å². The number of benzene rings is 1. The summed E-state index contributed by atoms with van der Waals surface area (Å²) in [6, 6.07) is 2.07. The second-order valence-electron chi connectivity index (χ2n) is 3.36. The van der Waals surface area contributed by atoms with Crippen LogP contribution in [-0.4, -0.2) is 23.2 Å². The molecule has 98 valence electrons. The van der Waals surface area contributed by atoms with Gasteiger partial charge in [0.25, 0.3) is 0 Å². The summed E-state index contributed by atoms with van der Waals surface area (Å²) >= 11 is 5.68. The Bertz CT molecular complexity index is 514. The van der Waals surface area contributed by atoms with E-state index >= 15 is 0 Å². The second kappa shape index (κ2) is 4.85. The lowest BCUT2D eigenvalue weighted by Crippen LogP contribution is -2.30. The van der Waals surface area contributed by atoms with E-state index in [9.17, 15) is 22.8 Å². The maximum atomic E-state index is 12.0. The van der Waals surface area contributed by atoms with Crippen molar-refractivity contribution in [3.8, 4) is 0 Å². The van der Waals surface area contributed by atoms with E-state index in [-0.39, 0.29) is 21.8 Å². The lowest BCUT2D eigenvalue weighted by Gasteiger charge is -2.12. The molecule has 2 N–H and O–H groups in total. The van der Waals surface area contributed by atoms with Gasteiger partial charge in [0.1, 0.15) is 0 Å². The van der Waals surface area contributed by atoms with Crippen molar-refractivity contribution >= 4 is 29.2 Å². The summed E-state index contributed by atoms with van der Waals surface area (Å²) in [7, 11) is 0. The summed E-state index contributed by atoms with van der Waals surface area (Å²) in [5.74, 6) is -3.46. The van der Waals surface area contributed by atoms with E-state index in [1.165, 1.54) is 6.92 Å². The van der Waals surface area contributed by atoms with Crippen LogP contribution in [0.2, 0.25) is 5.02 Å². The van der Waals surface area contributed by atoms with Crippen LogP contribution in [0, 0.1) is 6.92 Å². The summed E-state index contributed by atoms with van der Waals surface area (Å²) in [5.41, 5.74) is -0.388. The molecular formula is C10H7ClF3NO3. The van der Waals surface area contributed by atoms with Crippen molar-refractivity contribution in [2.45, 2.75) is 13.1 Å². The maximum Gasteiger partial charge on any atom is 0.471 e. The van der Waals surface area contributed by atoms with Crippen LogP contribution >= 0.6 is 11.6 Å². The fourth-order valence-electron chi connectivity index (χ4n) is 1.18. The minimum atomic E-state index is -5.02. The average molecular weight is 282 g/mol. The predicted octanol–water partition coefficient (Wildman–Crippen LogP) is 2.85. The van der Waals surface area contributed by atoms with Crippen molar-refractivity contribution in [3.05, 3.63) is 28.3 Å². The highest BCUT2D eigenvalue weighted by Gasteiger charge is 2.39. The van der Waals surface area contributed by atoms with Gasteiger partial charge in [0.15, 0.2) is 0 Å². The lowest BCUT2D eigenvalue weighted by atomic mass is 10.1. The van der Waals surface area contributed by atoms with E-state index in [4.69, 9.17) is 16.7 Å². The lowest BCUT2D eigenvalue weighted by molar-refractivity contribution is -0.167. The van der Waals surface area contributed by atoms with Crippen LogP contribution in [0.5, 0.6) is 0 Å². The summed E-state index contributed by atoms with van der Waals surface area (Å²) in [4.78, 5) is 21.4. The third-order valence-corrected chi connectivity index (χ3v) is 2.61. The number of rotatable bonds is 2. The Morgan fingerprint density at radius 3 is 2.33 bits per heavy atom. The molecule has 8 heteroatoms. The van der Waals surface area contributed by atoms with Gasteiger partial charge in [-0.3, -0.25) is 4.79 Å². The minimum Gasteiger partial charge on any atom is -0.478 e. The zero-order valence-electron chi connectivity index (χ0n) is 8.93. The molecule has 0 bridgehead atoms. The number of amides is 1. The zero-order valence-corrected chi connectivity index (χ0v) is 9.69. The van der Waals surface area contributed by atoms with E-state index in [2.05, 4.69) is 0 Å². The standard InChI is InChI=1S/C10H7ClF3NO3/c1-4-6(15-9(18)10(12,13)14)3-2-5(7(4)11)8(16)17/h2-3H,1H3,(H,15,18)(H,16,17). The summed E-state index contributed by atoms with van der Waals surface area (Å²) < 4.78 is 36.1. The number of carboxylic acids is 1. The number of hydrogen-bond acceptors (Lipinski definition) is 2. The van der Waals surface area contributed by atoms with Gasteiger partial charge in [0.2, 0.25) is 0 Å². The van der Waals surface area contributed by atoms with Gasteiger partial charge in [-0.15, -0.1) is 0 Å². The van der Waals surface area contributed by atoms with Crippen molar-refractivity contribution in [1.82, 2.24) is 0 Å². The Hall–Kier alpha value is -1.76. The van der Waals surface area contributed by atoms with Crippen LogP contribution in [0.1, 0.15) is 15.9 Å². The summed E-state index contributed by atoms with van der Waals surface area (Å²) in [5, 5.41) is 10.1. The molecule has 0 heterocycles. The molecule has 0 spiro atoms. The minimum absolute atomic E-state index is 0.0502. The predicted molar refractivity (Wildman–Crippen MR) is 57.8 cm³/mol. The van der Waals surface area contributed by atoms with Crippen LogP contribution in [0.3, 0.4) is 0 Å². The average Bonchev–Trinajstić information content (AvgIpc) is 2.22. The molecule has 0 radical (unpaired) electrons. The molecule has 0 atom stereocenters. The fraction of sp³-hybridized carbons (Fsp3) is 0.200. The van der Waals surface area contributed by atoms with Crippen LogP contribution in [-0.2, 0) is 4.79 Å². The Morgan fingerprint density at radius 1 is 1.33 bits per heavy atom. The number of carbonyl (C=O) groups excluding carboxylic acids is 1. The number of anilines is 1. The van der Waals surface area contributed by atoms with Gasteiger partial charge in [-0.2, -0.15) is 13.2 Å². The molecule has 18 heavy (non-hydrogen) atoms. The largest absolute Gasteiger partial charge is 0.478 e. The molecule has 1 amide bonds. The quantitative estimate of drug-likeness (QED) is 0.876. The topological polar surface area (TPSA) is 66.4 Å². The Balaban J connectivity index is 3.11. The Kier molecular flexibility index (Phi) is 3.85. The van der Waals surface area contributed by atoms with Crippen molar-refractivity contribution in [2.75, 3.05) is 5.32 Å². The van der Waals surface area contributed by atoms with Crippen LogP contribution in [0.25, 0.3) is 0 Å². The molecule has 0 aromatic heterocycles. The fourth-order valence-corrected chi connectivity index (χ4v) is 1.42. The van der Waals surface area contributed by atoms with Gasteiger partial charge in [-0.1, -0.05) is 11.6 Å². The molecular weight excluding hydrogens is 275 g/mol. The van der Waals surface area contributed by atoms with E-state index in [1.54, 1.807) is 5.32 Å². The van der Waals surface area contributed by atoms with Gasteiger partial charge in [-0.05, 0) is 24.6 Å². The third-order valence-electron chi connectivity index (χ3n) is 2.12. The number of nitrogens with one attached hydrogen (secondary N) is 1.